The Kier molecular flexibility index (Phi) is 5.10. The number of methoxy groups -OCH3 is 1. The Labute approximate surface area is 145 Å². The summed E-state index contributed by atoms with van der Waals surface area (Å²) >= 11 is 0. The molecule has 0 spiro atoms. The molecule has 2 heterocycles. The molecule has 0 N–H and O–H groups in total. The Hall–Kier alpha value is -2.00. The maximum Gasteiger partial charge on any atom is 0.122 e. The average Bonchev–Trinajstić information content (AvgIpc) is 3.07. The third-order valence-electron chi connectivity index (χ3n) is 5.16. The molecule has 3 rings (SSSR count). The predicted molar refractivity (Wildman–Crippen MR) is 98.2 cm³/mol. The van der Waals surface area contributed by atoms with E-state index in [4.69, 9.17) is 9.47 Å². The van der Waals surface area contributed by atoms with Gasteiger partial charge in [0.05, 0.1) is 13.7 Å². The summed E-state index contributed by atoms with van der Waals surface area (Å²) in [6.07, 6.45) is 5.96. The van der Waals surface area contributed by atoms with Crippen LogP contribution in [0.3, 0.4) is 0 Å². The molecule has 0 saturated carbocycles. The molecule has 24 heavy (non-hydrogen) atoms. The Balaban J connectivity index is 1.74. The normalized spacial score (nSPS) is 19.7. The highest BCUT2D eigenvalue weighted by molar-refractivity contribution is 5.41. The van der Waals surface area contributed by atoms with Crippen molar-refractivity contribution in [2.75, 3.05) is 26.8 Å². The molecule has 0 aromatic heterocycles. The van der Waals surface area contributed by atoms with Crippen molar-refractivity contribution in [3.05, 3.63) is 65.0 Å². The van der Waals surface area contributed by atoms with Crippen molar-refractivity contribution in [1.82, 2.24) is 4.90 Å². The fourth-order valence-electron chi connectivity index (χ4n) is 3.52. The Bertz CT molecular complexity index is 687. The molecule has 2 aliphatic rings. The second kappa shape index (κ2) is 7.27. The van der Waals surface area contributed by atoms with Crippen LogP contribution in [0.4, 0.5) is 0 Å². The summed E-state index contributed by atoms with van der Waals surface area (Å²) in [6, 6.07) is 7.10. The quantitative estimate of drug-likeness (QED) is 0.591. The van der Waals surface area contributed by atoms with Gasteiger partial charge in [0.15, 0.2) is 0 Å². The van der Waals surface area contributed by atoms with Gasteiger partial charge in [-0.1, -0.05) is 24.3 Å². The standard InChI is InChI=1S/C21H27NO2/c1-5-20(23-4)12-18-8-10-22(14-15(18)2)16(3)19-7-6-17-9-11-24-21(17)13-19/h5-7,12-13,16H,1,8-11,14H2,2-4H3/b20-12+. The van der Waals surface area contributed by atoms with Crippen LogP contribution in [-0.4, -0.2) is 31.7 Å². The van der Waals surface area contributed by atoms with Gasteiger partial charge in [-0.2, -0.15) is 0 Å². The molecule has 0 bridgehead atoms. The molecule has 1 unspecified atom stereocenters. The lowest BCUT2D eigenvalue weighted by molar-refractivity contribution is 0.220. The maximum absolute atomic E-state index is 5.72. The minimum Gasteiger partial charge on any atom is -0.497 e. The summed E-state index contributed by atoms with van der Waals surface area (Å²) in [5, 5.41) is 0. The zero-order chi connectivity index (χ0) is 17.1. The highest BCUT2D eigenvalue weighted by atomic mass is 16.5. The first-order chi connectivity index (χ1) is 11.6. The number of hydrogen-bond acceptors (Lipinski definition) is 3. The SMILES string of the molecule is C=C/C(=C\C1=C(C)CN(C(C)c2ccc3c(c2)OCC3)CC1)OC. The molecule has 128 valence electrons. The van der Waals surface area contributed by atoms with E-state index in [1.54, 1.807) is 13.2 Å². The molecule has 0 radical (unpaired) electrons. The van der Waals surface area contributed by atoms with E-state index in [0.717, 1.165) is 44.0 Å². The van der Waals surface area contributed by atoms with Crippen LogP contribution >= 0.6 is 0 Å². The van der Waals surface area contributed by atoms with Crippen molar-refractivity contribution < 1.29 is 9.47 Å². The smallest absolute Gasteiger partial charge is 0.122 e. The second-order valence-corrected chi connectivity index (χ2v) is 6.62. The average molecular weight is 325 g/mol. The number of rotatable bonds is 5. The number of allylic oxidation sites excluding steroid dienone is 2. The van der Waals surface area contributed by atoms with E-state index in [2.05, 4.69) is 49.6 Å². The van der Waals surface area contributed by atoms with Crippen LogP contribution in [-0.2, 0) is 11.2 Å². The van der Waals surface area contributed by atoms with Gasteiger partial charge in [-0.15, -0.1) is 0 Å². The van der Waals surface area contributed by atoms with Crippen LogP contribution < -0.4 is 4.74 Å². The minimum absolute atomic E-state index is 0.390. The first-order valence-corrected chi connectivity index (χ1v) is 8.68. The molecule has 1 atom stereocenters. The summed E-state index contributed by atoms with van der Waals surface area (Å²) in [6.45, 7) is 11.2. The molecule has 3 nitrogen and oxygen atoms in total. The predicted octanol–water partition coefficient (Wildman–Crippen LogP) is 4.42. The number of fused-ring (bicyclic) bond motifs is 1. The summed E-state index contributed by atoms with van der Waals surface area (Å²) in [5.74, 6) is 1.91. The summed E-state index contributed by atoms with van der Waals surface area (Å²) in [5.41, 5.74) is 5.45. The van der Waals surface area contributed by atoms with Crippen molar-refractivity contribution in [3.63, 3.8) is 0 Å². The number of nitrogens with zero attached hydrogens (tertiary/aromatic N) is 1. The summed E-state index contributed by atoms with van der Waals surface area (Å²) in [4.78, 5) is 2.53. The van der Waals surface area contributed by atoms with Crippen LogP contribution in [0.5, 0.6) is 5.75 Å². The first-order valence-electron chi connectivity index (χ1n) is 8.68. The molecule has 2 aliphatic heterocycles. The zero-order valence-electron chi connectivity index (χ0n) is 15.0. The van der Waals surface area contributed by atoms with Gasteiger partial charge in [0.1, 0.15) is 11.5 Å². The lowest BCUT2D eigenvalue weighted by Crippen LogP contribution is -2.33. The van der Waals surface area contributed by atoms with Crippen LogP contribution in [0.25, 0.3) is 0 Å². The van der Waals surface area contributed by atoms with Gasteiger partial charge in [0.25, 0.3) is 0 Å². The van der Waals surface area contributed by atoms with Gasteiger partial charge in [-0.3, -0.25) is 4.90 Å². The van der Waals surface area contributed by atoms with Gasteiger partial charge < -0.3 is 9.47 Å². The second-order valence-electron chi connectivity index (χ2n) is 6.62. The number of ether oxygens (including phenoxy) is 2. The Morgan fingerprint density at radius 1 is 1.38 bits per heavy atom. The number of benzene rings is 1. The van der Waals surface area contributed by atoms with Crippen molar-refractivity contribution in [3.8, 4) is 5.75 Å². The van der Waals surface area contributed by atoms with Crippen molar-refractivity contribution >= 4 is 0 Å². The zero-order valence-corrected chi connectivity index (χ0v) is 15.0. The molecule has 1 aromatic rings. The van der Waals surface area contributed by atoms with E-state index in [1.165, 1.54) is 22.3 Å². The van der Waals surface area contributed by atoms with Crippen molar-refractivity contribution in [2.45, 2.75) is 32.7 Å². The molecular weight excluding hydrogens is 298 g/mol. The molecule has 0 aliphatic carbocycles. The first kappa shape index (κ1) is 16.8. The van der Waals surface area contributed by atoms with Gasteiger partial charge >= 0.3 is 0 Å². The highest BCUT2D eigenvalue weighted by Gasteiger charge is 2.23. The number of hydrogen-bond donors (Lipinski definition) is 0. The highest BCUT2D eigenvalue weighted by Crippen LogP contribution is 2.32. The lowest BCUT2D eigenvalue weighted by Gasteiger charge is -2.34. The van der Waals surface area contributed by atoms with E-state index in [9.17, 15) is 0 Å². The van der Waals surface area contributed by atoms with E-state index in [-0.39, 0.29) is 0 Å². The van der Waals surface area contributed by atoms with E-state index in [0.29, 0.717) is 6.04 Å². The van der Waals surface area contributed by atoms with Crippen molar-refractivity contribution in [2.24, 2.45) is 0 Å². The van der Waals surface area contributed by atoms with Crippen molar-refractivity contribution in [1.29, 1.82) is 0 Å². The van der Waals surface area contributed by atoms with Crippen LogP contribution in [0, 0.1) is 0 Å². The maximum atomic E-state index is 5.72. The lowest BCUT2D eigenvalue weighted by atomic mass is 9.96. The van der Waals surface area contributed by atoms with E-state index in [1.807, 2.05) is 0 Å². The Morgan fingerprint density at radius 3 is 2.92 bits per heavy atom. The summed E-state index contributed by atoms with van der Waals surface area (Å²) < 4.78 is 11.0. The van der Waals surface area contributed by atoms with E-state index < -0.39 is 0 Å². The third-order valence-corrected chi connectivity index (χ3v) is 5.16. The monoisotopic (exact) mass is 325 g/mol. The topological polar surface area (TPSA) is 21.7 Å². The van der Waals surface area contributed by atoms with Crippen LogP contribution in [0.1, 0.15) is 37.4 Å². The molecular formula is C21H27NO2. The fraction of sp³-hybridized carbons (Fsp3) is 0.429. The third kappa shape index (κ3) is 3.41. The van der Waals surface area contributed by atoms with Crippen LogP contribution in [0.15, 0.2) is 53.8 Å². The van der Waals surface area contributed by atoms with Gasteiger partial charge in [-0.25, -0.2) is 0 Å². The van der Waals surface area contributed by atoms with Gasteiger partial charge in [0.2, 0.25) is 0 Å². The van der Waals surface area contributed by atoms with Gasteiger partial charge in [-0.05, 0) is 55.2 Å². The molecule has 0 fully saturated rings. The molecule has 3 heteroatoms. The largest absolute Gasteiger partial charge is 0.497 e. The van der Waals surface area contributed by atoms with Crippen LogP contribution in [0.2, 0.25) is 0 Å². The van der Waals surface area contributed by atoms with E-state index >= 15 is 0 Å². The minimum atomic E-state index is 0.390. The fourth-order valence-corrected chi connectivity index (χ4v) is 3.52. The molecule has 1 aromatic carbocycles. The summed E-state index contributed by atoms with van der Waals surface area (Å²) in [7, 11) is 1.69. The Morgan fingerprint density at radius 2 is 2.21 bits per heavy atom. The molecule has 0 amide bonds. The molecule has 0 saturated heterocycles. The van der Waals surface area contributed by atoms with Gasteiger partial charge in [0, 0.05) is 25.6 Å².